The zero-order chi connectivity index (χ0) is 16.1. The summed E-state index contributed by atoms with van der Waals surface area (Å²) in [6.07, 6.45) is -0.779. The van der Waals surface area contributed by atoms with Crippen LogP contribution in [0, 0.1) is 6.92 Å². The predicted molar refractivity (Wildman–Crippen MR) is 86.1 cm³/mol. The molecule has 1 amide bonds. The van der Waals surface area contributed by atoms with E-state index in [2.05, 4.69) is 5.32 Å². The Morgan fingerprint density at radius 3 is 2.36 bits per heavy atom. The third-order valence-corrected chi connectivity index (χ3v) is 3.68. The van der Waals surface area contributed by atoms with Crippen LogP contribution in [0.3, 0.4) is 0 Å². The van der Waals surface area contributed by atoms with Gasteiger partial charge in [-0.2, -0.15) is 0 Å². The molecule has 0 bridgehead atoms. The Morgan fingerprint density at radius 1 is 1.14 bits per heavy atom. The molecule has 0 aliphatic rings. The normalized spacial score (nSPS) is 13.3. The summed E-state index contributed by atoms with van der Waals surface area (Å²) in [5.41, 5.74) is 2.26. The lowest BCUT2D eigenvalue weighted by Gasteiger charge is -2.21. The Hall–Kier alpha value is -2.33. The fraction of sp³-hybridized carbons (Fsp3) is 0.278. The van der Waals surface area contributed by atoms with Gasteiger partial charge < -0.3 is 15.2 Å². The van der Waals surface area contributed by atoms with Gasteiger partial charge in [-0.15, -0.1) is 0 Å². The summed E-state index contributed by atoms with van der Waals surface area (Å²) in [5, 5.41) is 13.2. The van der Waals surface area contributed by atoms with Crippen molar-refractivity contribution in [3.05, 3.63) is 65.2 Å². The molecule has 22 heavy (non-hydrogen) atoms. The Bertz CT molecular complexity index is 637. The summed E-state index contributed by atoms with van der Waals surface area (Å²) in [7, 11) is 1.59. The minimum Gasteiger partial charge on any atom is -0.497 e. The second kappa shape index (κ2) is 7.09. The number of carbonyl (C=O) groups excluding carboxylic acids is 1. The number of nitrogens with one attached hydrogen (secondary N) is 1. The van der Waals surface area contributed by atoms with Crippen LogP contribution in [0.5, 0.6) is 5.75 Å². The van der Waals surface area contributed by atoms with E-state index in [9.17, 15) is 9.90 Å². The van der Waals surface area contributed by atoms with Gasteiger partial charge in [-0.3, -0.25) is 4.79 Å². The van der Waals surface area contributed by atoms with Gasteiger partial charge in [0.1, 0.15) is 5.75 Å². The van der Waals surface area contributed by atoms with E-state index in [1.165, 1.54) is 0 Å². The SMILES string of the molecule is COc1ccc(C(O)C(C)NC(=O)c2ccccc2C)cc1. The molecule has 0 radical (unpaired) electrons. The van der Waals surface area contributed by atoms with E-state index in [0.29, 0.717) is 5.56 Å². The van der Waals surface area contributed by atoms with E-state index in [1.807, 2.05) is 25.1 Å². The molecule has 2 unspecified atom stereocenters. The predicted octanol–water partition coefficient (Wildman–Crippen LogP) is 2.86. The van der Waals surface area contributed by atoms with Crippen LogP contribution in [0.15, 0.2) is 48.5 Å². The smallest absolute Gasteiger partial charge is 0.251 e. The lowest BCUT2D eigenvalue weighted by molar-refractivity contribution is 0.0851. The third-order valence-electron chi connectivity index (χ3n) is 3.68. The van der Waals surface area contributed by atoms with E-state index in [4.69, 9.17) is 4.74 Å². The number of aliphatic hydroxyl groups excluding tert-OH is 1. The standard InChI is InChI=1S/C18H21NO3/c1-12-6-4-5-7-16(12)18(21)19-13(2)17(20)14-8-10-15(22-3)11-9-14/h4-11,13,17,20H,1-3H3,(H,19,21). The van der Waals surface area contributed by atoms with E-state index in [1.54, 1.807) is 44.4 Å². The van der Waals surface area contributed by atoms with Gasteiger partial charge >= 0.3 is 0 Å². The number of hydrogen-bond donors (Lipinski definition) is 2. The van der Waals surface area contributed by atoms with Crippen molar-refractivity contribution in [3.63, 3.8) is 0 Å². The van der Waals surface area contributed by atoms with Gasteiger partial charge in [0.15, 0.2) is 0 Å². The molecule has 0 spiro atoms. The molecule has 0 fully saturated rings. The zero-order valence-corrected chi connectivity index (χ0v) is 13.0. The van der Waals surface area contributed by atoms with Crippen LogP contribution in [0.1, 0.15) is 34.5 Å². The minimum atomic E-state index is -0.779. The molecule has 2 N–H and O–H groups in total. The van der Waals surface area contributed by atoms with Crippen LogP contribution in [0.2, 0.25) is 0 Å². The van der Waals surface area contributed by atoms with Gasteiger partial charge in [0.05, 0.1) is 19.3 Å². The number of carbonyl (C=O) groups is 1. The number of ether oxygens (including phenoxy) is 1. The molecule has 2 rings (SSSR count). The molecule has 0 aliphatic heterocycles. The molecule has 2 aromatic carbocycles. The minimum absolute atomic E-state index is 0.182. The fourth-order valence-electron chi connectivity index (χ4n) is 2.28. The van der Waals surface area contributed by atoms with Crippen LogP contribution in [0.25, 0.3) is 0 Å². The zero-order valence-electron chi connectivity index (χ0n) is 13.0. The number of aryl methyl sites for hydroxylation is 1. The Morgan fingerprint density at radius 2 is 1.77 bits per heavy atom. The van der Waals surface area contributed by atoms with Crippen molar-refractivity contribution in [1.29, 1.82) is 0 Å². The number of hydrogen-bond acceptors (Lipinski definition) is 3. The highest BCUT2D eigenvalue weighted by Crippen LogP contribution is 2.20. The van der Waals surface area contributed by atoms with Crippen molar-refractivity contribution in [3.8, 4) is 5.75 Å². The Labute approximate surface area is 130 Å². The second-order valence-corrected chi connectivity index (χ2v) is 5.30. The van der Waals surface area contributed by atoms with E-state index >= 15 is 0 Å². The summed E-state index contributed by atoms with van der Waals surface area (Å²) < 4.78 is 5.09. The van der Waals surface area contributed by atoms with E-state index in [-0.39, 0.29) is 5.91 Å². The first-order valence-electron chi connectivity index (χ1n) is 7.21. The average Bonchev–Trinajstić information content (AvgIpc) is 2.54. The van der Waals surface area contributed by atoms with E-state index in [0.717, 1.165) is 16.9 Å². The molecule has 2 atom stereocenters. The van der Waals surface area contributed by atoms with Crippen molar-refractivity contribution in [2.75, 3.05) is 7.11 Å². The first-order valence-corrected chi connectivity index (χ1v) is 7.21. The highest BCUT2D eigenvalue weighted by Gasteiger charge is 2.19. The van der Waals surface area contributed by atoms with Gasteiger partial charge in [-0.25, -0.2) is 0 Å². The van der Waals surface area contributed by atoms with Crippen LogP contribution >= 0.6 is 0 Å². The summed E-state index contributed by atoms with van der Waals surface area (Å²) in [5.74, 6) is 0.547. The van der Waals surface area contributed by atoms with Crippen LogP contribution in [-0.2, 0) is 0 Å². The first-order chi connectivity index (χ1) is 10.5. The number of benzene rings is 2. The van der Waals surface area contributed by atoms with Crippen LogP contribution in [0.4, 0.5) is 0 Å². The molecule has 0 saturated carbocycles. The van der Waals surface area contributed by atoms with Gasteiger partial charge in [-0.05, 0) is 43.2 Å². The van der Waals surface area contributed by atoms with Crippen molar-refractivity contribution in [2.24, 2.45) is 0 Å². The maximum absolute atomic E-state index is 12.3. The van der Waals surface area contributed by atoms with Crippen molar-refractivity contribution in [1.82, 2.24) is 5.32 Å². The maximum Gasteiger partial charge on any atom is 0.251 e. The lowest BCUT2D eigenvalue weighted by atomic mass is 10.0. The van der Waals surface area contributed by atoms with Gasteiger partial charge in [-0.1, -0.05) is 30.3 Å². The highest BCUT2D eigenvalue weighted by atomic mass is 16.5. The number of rotatable bonds is 5. The molecule has 0 aromatic heterocycles. The number of aliphatic hydroxyl groups is 1. The monoisotopic (exact) mass is 299 g/mol. The molecular formula is C18H21NO3. The summed E-state index contributed by atoms with van der Waals surface area (Å²) in [6.45, 7) is 3.67. The van der Waals surface area contributed by atoms with E-state index < -0.39 is 12.1 Å². The summed E-state index contributed by atoms with van der Waals surface area (Å²) >= 11 is 0. The first kappa shape index (κ1) is 16.0. The van der Waals surface area contributed by atoms with Gasteiger partial charge in [0, 0.05) is 5.56 Å². The third kappa shape index (κ3) is 3.65. The number of methoxy groups -OCH3 is 1. The molecule has 116 valence electrons. The van der Waals surface area contributed by atoms with Crippen LogP contribution in [-0.4, -0.2) is 24.2 Å². The topological polar surface area (TPSA) is 58.6 Å². The largest absolute Gasteiger partial charge is 0.497 e. The maximum atomic E-state index is 12.3. The fourth-order valence-corrected chi connectivity index (χ4v) is 2.28. The summed E-state index contributed by atoms with van der Waals surface area (Å²) in [4.78, 5) is 12.3. The molecular weight excluding hydrogens is 278 g/mol. The van der Waals surface area contributed by atoms with Gasteiger partial charge in [0.25, 0.3) is 5.91 Å². The Kier molecular flexibility index (Phi) is 5.17. The van der Waals surface area contributed by atoms with Crippen molar-refractivity contribution >= 4 is 5.91 Å². The highest BCUT2D eigenvalue weighted by molar-refractivity contribution is 5.95. The van der Waals surface area contributed by atoms with Gasteiger partial charge in [0.2, 0.25) is 0 Å². The second-order valence-electron chi connectivity index (χ2n) is 5.30. The lowest BCUT2D eigenvalue weighted by Crippen LogP contribution is -2.37. The van der Waals surface area contributed by atoms with Crippen molar-refractivity contribution < 1.29 is 14.6 Å². The average molecular weight is 299 g/mol. The number of amides is 1. The Balaban J connectivity index is 2.06. The van der Waals surface area contributed by atoms with Crippen molar-refractivity contribution in [2.45, 2.75) is 26.0 Å². The molecule has 0 heterocycles. The molecule has 0 aliphatic carbocycles. The molecule has 4 nitrogen and oxygen atoms in total. The van der Waals surface area contributed by atoms with Crippen LogP contribution < -0.4 is 10.1 Å². The molecule has 0 saturated heterocycles. The summed E-state index contributed by atoms with van der Waals surface area (Å²) in [6, 6.07) is 14.1. The quantitative estimate of drug-likeness (QED) is 0.892. The molecule has 2 aromatic rings. The molecule has 4 heteroatoms.